The third-order valence-corrected chi connectivity index (χ3v) is 8.94. The summed E-state index contributed by atoms with van der Waals surface area (Å²) in [4.78, 5) is 25.7. The summed E-state index contributed by atoms with van der Waals surface area (Å²) < 4.78 is 55.7. The molecule has 0 unspecified atom stereocenters. The minimum atomic E-state index is -4.39. The summed E-state index contributed by atoms with van der Waals surface area (Å²) in [6.45, 7) is 6.20. The Morgan fingerprint density at radius 2 is 1.57 bits per heavy atom. The number of rotatable bonds is 13. The van der Waals surface area contributed by atoms with Crippen molar-refractivity contribution in [2.24, 2.45) is 0 Å². The Morgan fingerprint density at radius 3 is 2.22 bits per heavy atom. The predicted octanol–water partition coefficient (Wildman–Crippen LogP) is 9.23. The topological polar surface area (TPSA) is 77.0 Å². The number of carbonyl (C=O) groups excluding carboxylic acids is 1. The zero-order valence-electron chi connectivity index (χ0n) is 29.5. The lowest BCUT2D eigenvalue weighted by atomic mass is 10.1. The van der Waals surface area contributed by atoms with Crippen LogP contribution in [0.15, 0.2) is 109 Å². The number of hydrogen-bond acceptors (Lipinski definition) is 7. The molecule has 0 saturated carbocycles. The average molecular weight is 780 g/mol. The van der Waals surface area contributed by atoms with Gasteiger partial charge in [0, 0.05) is 63.6 Å². The average Bonchev–Trinajstić information content (AvgIpc) is 3.16. The number of piperazine rings is 1. The van der Waals surface area contributed by atoms with Crippen molar-refractivity contribution in [3.63, 3.8) is 0 Å². The van der Waals surface area contributed by atoms with E-state index in [1.807, 2.05) is 36.1 Å². The fourth-order valence-corrected chi connectivity index (χ4v) is 6.04. The number of benzene rings is 3. The summed E-state index contributed by atoms with van der Waals surface area (Å²) in [7, 11) is 0. The summed E-state index contributed by atoms with van der Waals surface area (Å²) >= 11 is 6.58. The van der Waals surface area contributed by atoms with E-state index in [1.165, 1.54) is 29.5 Å². The number of nitrogens with zero attached hydrogens (tertiary/aromatic N) is 4. The van der Waals surface area contributed by atoms with Crippen molar-refractivity contribution in [1.82, 2.24) is 19.8 Å². The lowest BCUT2D eigenvalue weighted by Crippen LogP contribution is -2.47. The molecule has 8 nitrogen and oxygen atoms in total. The highest BCUT2D eigenvalue weighted by Gasteiger charge is 2.30. The van der Waals surface area contributed by atoms with E-state index >= 15 is 0 Å². The number of ether oxygens (including phenoxy) is 3. The number of amides is 1. The van der Waals surface area contributed by atoms with Crippen molar-refractivity contribution >= 4 is 36.0 Å². The van der Waals surface area contributed by atoms with Gasteiger partial charge in [0.15, 0.2) is 5.75 Å². The van der Waals surface area contributed by atoms with Gasteiger partial charge in [-0.15, -0.1) is 12.4 Å². The summed E-state index contributed by atoms with van der Waals surface area (Å²) in [6.07, 6.45) is 2.92. The Balaban J connectivity index is 0.00000561. The van der Waals surface area contributed by atoms with Crippen LogP contribution in [0.4, 0.5) is 13.2 Å². The minimum absolute atomic E-state index is 0. The van der Waals surface area contributed by atoms with Crippen LogP contribution in [-0.2, 0) is 30.5 Å². The van der Waals surface area contributed by atoms with Gasteiger partial charge in [-0.1, -0.05) is 54.1 Å². The fourth-order valence-electron chi connectivity index (χ4n) is 5.73. The van der Waals surface area contributed by atoms with Crippen LogP contribution >= 0.6 is 24.0 Å². The lowest BCUT2D eigenvalue weighted by molar-refractivity contribution is -0.137. The van der Waals surface area contributed by atoms with Gasteiger partial charge in [-0.2, -0.15) is 13.2 Å². The lowest BCUT2D eigenvalue weighted by Gasteiger charge is -2.34. The summed E-state index contributed by atoms with van der Waals surface area (Å²) in [5.41, 5.74) is 3.84. The molecule has 0 atom stereocenters. The number of pyridine rings is 2. The van der Waals surface area contributed by atoms with Gasteiger partial charge in [-0.25, -0.2) is 9.97 Å². The molecule has 1 fully saturated rings. The number of aryl methyl sites for hydroxylation is 1. The van der Waals surface area contributed by atoms with Crippen molar-refractivity contribution in [3.8, 4) is 23.3 Å². The van der Waals surface area contributed by atoms with Crippen LogP contribution < -0.4 is 14.2 Å². The van der Waals surface area contributed by atoms with Gasteiger partial charge in [-0.05, 0) is 77.2 Å². The third-order valence-electron chi connectivity index (χ3n) is 8.66. The first-order valence-corrected chi connectivity index (χ1v) is 17.5. The van der Waals surface area contributed by atoms with Gasteiger partial charge in [-0.3, -0.25) is 9.69 Å². The van der Waals surface area contributed by atoms with Crippen LogP contribution in [0.1, 0.15) is 33.4 Å². The number of carbonyl (C=O) groups is 1. The predicted molar refractivity (Wildman–Crippen MR) is 204 cm³/mol. The second-order valence-electron chi connectivity index (χ2n) is 12.6. The van der Waals surface area contributed by atoms with Crippen molar-refractivity contribution in [2.45, 2.75) is 32.7 Å². The number of alkyl halides is 3. The molecule has 1 aliphatic rings. The minimum Gasteiger partial charge on any atom is -0.487 e. The normalized spacial score (nSPS) is 13.4. The van der Waals surface area contributed by atoms with Gasteiger partial charge in [0.2, 0.25) is 17.7 Å². The fraction of sp³-hybridized carbons (Fsp3) is 0.244. The van der Waals surface area contributed by atoms with E-state index in [0.29, 0.717) is 47.7 Å². The van der Waals surface area contributed by atoms with E-state index in [4.69, 9.17) is 25.8 Å². The van der Waals surface area contributed by atoms with Gasteiger partial charge >= 0.3 is 6.18 Å². The smallest absolute Gasteiger partial charge is 0.416 e. The first kappa shape index (κ1) is 40.1. The van der Waals surface area contributed by atoms with Crippen LogP contribution in [0.25, 0.3) is 6.08 Å². The van der Waals surface area contributed by atoms with Crippen molar-refractivity contribution in [2.75, 3.05) is 32.8 Å². The number of aromatic nitrogens is 2. The largest absolute Gasteiger partial charge is 0.487 e. The SMILES string of the molecule is Cc1cc(/C=C/C(=O)N2CCN(Cc3ccc(CCOc4ccccn4)cc3)CC2)cc(Cl)c1Oc1ccc(OCc2ccc(C(F)(F)F)cc2)cn1.Cl. The maximum Gasteiger partial charge on any atom is 0.416 e. The molecule has 1 aliphatic heterocycles. The second-order valence-corrected chi connectivity index (χ2v) is 13.0. The Morgan fingerprint density at radius 1 is 0.852 bits per heavy atom. The molecule has 0 N–H and O–H groups in total. The molecular formula is C41H39Cl2F3N4O4. The summed E-state index contributed by atoms with van der Waals surface area (Å²) in [6, 6.07) is 25.9. The third kappa shape index (κ3) is 11.4. The van der Waals surface area contributed by atoms with Crippen molar-refractivity contribution in [3.05, 3.63) is 148 Å². The zero-order chi connectivity index (χ0) is 37.2. The van der Waals surface area contributed by atoms with Crippen LogP contribution in [0.2, 0.25) is 5.02 Å². The van der Waals surface area contributed by atoms with E-state index < -0.39 is 11.7 Å². The molecule has 5 aromatic rings. The molecule has 1 saturated heterocycles. The van der Waals surface area contributed by atoms with Crippen LogP contribution in [0.3, 0.4) is 0 Å². The number of hydrogen-bond donors (Lipinski definition) is 0. The molecular weight excluding hydrogens is 740 g/mol. The van der Waals surface area contributed by atoms with Gasteiger partial charge in [0.25, 0.3) is 0 Å². The second kappa shape index (κ2) is 18.8. The molecule has 13 heteroatoms. The monoisotopic (exact) mass is 778 g/mol. The Labute approximate surface area is 323 Å². The van der Waals surface area contributed by atoms with Gasteiger partial charge < -0.3 is 19.1 Å². The highest BCUT2D eigenvalue weighted by Crippen LogP contribution is 2.34. The number of halogens is 5. The maximum atomic E-state index is 13.0. The Kier molecular flexibility index (Phi) is 13.9. The van der Waals surface area contributed by atoms with Crippen LogP contribution in [0, 0.1) is 6.92 Å². The summed E-state index contributed by atoms with van der Waals surface area (Å²) in [5, 5.41) is 0.362. The van der Waals surface area contributed by atoms with E-state index in [0.717, 1.165) is 49.3 Å². The maximum absolute atomic E-state index is 13.0. The van der Waals surface area contributed by atoms with Gasteiger partial charge in [0.1, 0.15) is 12.4 Å². The van der Waals surface area contributed by atoms with Crippen LogP contribution in [-0.4, -0.2) is 58.5 Å². The molecule has 54 heavy (non-hydrogen) atoms. The van der Waals surface area contributed by atoms with E-state index in [2.05, 4.69) is 39.1 Å². The molecule has 3 aromatic carbocycles. The van der Waals surface area contributed by atoms with Crippen molar-refractivity contribution < 1.29 is 32.2 Å². The Hall–Kier alpha value is -5.10. The van der Waals surface area contributed by atoms with Gasteiger partial charge in [0.05, 0.1) is 23.4 Å². The molecule has 282 valence electrons. The highest BCUT2D eigenvalue weighted by molar-refractivity contribution is 6.32. The first-order chi connectivity index (χ1) is 25.6. The van der Waals surface area contributed by atoms with Crippen molar-refractivity contribution in [1.29, 1.82) is 0 Å². The zero-order valence-corrected chi connectivity index (χ0v) is 31.0. The molecule has 0 radical (unpaired) electrons. The quantitative estimate of drug-likeness (QED) is 0.110. The standard InChI is InChI=1S/C41H38ClF3N4O4.ClH/c1-29-24-33(25-36(42)40(29)53-38-15-14-35(26-47-38)52-28-32-9-12-34(13-10-32)41(43,44)45)11-16-39(50)49-21-19-48(20-22-49)27-31-7-5-30(6-8-31)17-23-51-37-4-2-3-18-46-37;/h2-16,18,24-26H,17,19-23,27-28H2,1H3;1H/b16-11+;. The van der Waals surface area contributed by atoms with E-state index in [1.54, 1.807) is 36.5 Å². The molecule has 0 aliphatic carbocycles. The summed E-state index contributed by atoms with van der Waals surface area (Å²) in [5.74, 6) is 1.72. The first-order valence-electron chi connectivity index (χ1n) is 17.1. The molecule has 1 amide bonds. The van der Waals surface area contributed by atoms with E-state index in [9.17, 15) is 18.0 Å². The van der Waals surface area contributed by atoms with E-state index in [-0.39, 0.29) is 30.8 Å². The molecule has 3 heterocycles. The molecule has 0 bridgehead atoms. The van der Waals surface area contributed by atoms with Crippen LogP contribution in [0.5, 0.6) is 23.3 Å². The Bertz CT molecular complexity index is 1970. The highest BCUT2D eigenvalue weighted by atomic mass is 35.5. The molecule has 6 rings (SSSR count). The molecule has 0 spiro atoms. The molecule has 2 aromatic heterocycles.